The number of rotatable bonds is 3. The van der Waals surface area contributed by atoms with Crippen molar-refractivity contribution >= 4 is 0 Å². The molecule has 1 aromatic heterocycles. The molecule has 0 radical (unpaired) electrons. The van der Waals surface area contributed by atoms with Crippen LogP contribution in [0.15, 0.2) is 24.4 Å². The van der Waals surface area contributed by atoms with Crippen LogP contribution in [0.3, 0.4) is 0 Å². The number of nitrogens with zero attached hydrogens (tertiary/aromatic N) is 1. The lowest BCUT2D eigenvalue weighted by atomic mass is 9.57. The van der Waals surface area contributed by atoms with Crippen molar-refractivity contribution in [3.63, 3.8) is 0 Å². The second-order valence-electron chi connectivity index (χ2n) is 6.16. The van der Waals surface area contributed by atoms with Crippen LogP contribution < -0.4 is 5.32 Å². The minimum absolute atomic E-state index is 0.385. The van der Waals surface area contributed by atoms with Gasteiger partial charge < -0.3 is 5.32 Å². The van der Waals surface area contributed by atoms with Crippen molar-refractivity contribution in [2.75, 3.05) is 0 Å². The summed E-state index contributed by atoms with van der Waals surface area (Å²) in [7, 11) is 0. The standard InChI is InChI=1S/C16H24N2/c1-13(14-7-3-6-12-17-14)18-15-8-11-16(15)9-4-2-5-10-16/h3,6-7,12-13,15,18H,2,4-5,8-11H2,1H3/t13-,15?/m0/s1. The SMILES string of the molecule is C[C@H](NC1CCC12CCCCC2)c1ccccn1. The predicted molar refractivity (Wildman–Crippen MR) is 74.3 cm³/mol. The maximum Gasteiger partial charge on any atom is 0.0570 e. The van der Waals surface area contributed by atoms with E-state index in [9.17, 15) is 0 Å². The Kier molecular flexibility index (Phi) is 3.38. The molecule has 2 saturated carbocycles. The van der Waals surface area contributed by atoms with Gasteiger partial charge in [0.2, 0.25) is 0 Å². The summed E-state index contributed by atoms with van der Waals surface area (Å²) >= 11 is 0. The van der Waals surface area contributed by atoms with E-state index >= 15 is 0 Å². The van der Waals surface area contributed by atoms with Gasteiger partial charge in [-0.05, 0) is 50.2 Å². The molecule has 2 nitrogen and oxygen atoms in total. The van der Waals surface area contributed by atoms with Crippen molar-refractivity contribution in [2.24, 2.45) is 5.41 Å². The van der Waals surface area contributed by atoms with Gasteiger partial charge in [-0.2, -0.15) is 0 Å². The molecule has 1 spiro atoms. The molecule has 2 aliphatic rings. The Bertz CT molecular complexity index is 381. The van der Waals surface area contributed by atoms with Crippen LogP contribution in [0, 0.1) is 5.41 Å². The Hall–Kier alpha value is -0.890. The molecule has 2 aliphatic carbocycles. The quantitative estimate of drug-likeness (QED) is 0.873. The van der Waals surface area contributed by atoms with Crippen LogP contribution in [0.4, 0.5) is 0 Å². The highest BCUT2D eigenvalue weighted by atomic mass is 15.0. The highest BCUT2D eigenvalue weighted by Gasteiger charge is 2.46. The Labute approximate surface area is 110 Å². The van der Waals surface area contributed by atoms with Crippen LogP contribution >= 0.6 is 0 Å². The fourth-order valence-corrected chi connectivity index (χ4v) is 3.83. The van der Waals surface area contributed by atoms with E-state index in [1.807, 2.05) is 12.3 Å². The van der Waals surface area contributed by atoms with E-state index < -0.39 is 0 Å². The molecule has 3 rings (SSSR count). The Morgan fingerprint density at radius 2 is 2.06 bits per heavy atom. The van der Waals surface area contributed by atoms with Gasteiger partial charge in [-0.25, -0.2) is 0 Å². The van der Waals surface area contributed by atoms with Crippen molar-refractivity contribution < 1.29 is 0 Å². The van der Waals surface area contributed by atoms with Crippen molar-refractivity contribution in [1.82, 2.24) is 10.3 Å². The van der Waals surface area contributed by atoms with E-state index in [0.717, 1.165) is 6.04 Å². The molecular weight excluding hydrogens is 220 g/mol. The molecule has 1 unspecified atom stereocenters. The topological polar surface area (TPSA) is 24.9 Å². The first-order chi connectivity index (χ1) is 8.80. The third-order valence-corrected chi connectivity index (χ3v) is 5.10. The molecule has 2 fully saturated rings. The Morgan fingerprint density at radius 1 is 1.22 bits per heavy atom. The maximum atomic E-state index is 4.46. The van der Waals surface area contributed by atoms with Gasteiger partial charge in [-0.3, -0.25) is 4.98 Å². The van der Waals surface area contributed by atoms with Crippen LogP contribution in [0.1, 0.15) is 63.6 Å². The van der Waals surface area contributed by atoms with Gasteiger partial charge in [-0.1, -0.05) is 25.3 Å². The largest absolute Gasteiger partial charge is 0.306 e. The molecule has 1 N–H and O–H groups in total. The van der Waals surface area contributed by atoms with Gasteiger partial charge in [0, 0.05) is 18.3 Å². The second kappa shape index (κ2) is 5.00. The minimum Gasteiger partial charge on any atom is -0.306 e. The van der Waals surface area contributed by atoms with Crippen LogP contribution in [0.2, 0.25) is 0 Å². The zero-order valence-electron chi connectivity index (χ0n) is 11.4. The summed E-state index contributed by atoms with van der Waals surface area (Å²) in [5.74, 6) is 0. The van der Waals surface area contributed by atoms with Gasteiger partial charge in [-0.15, -0.1) is 0 Å². The van der Waals surface area contributed by atoms with Crippen molar-refractivity contribution in [1.29, 1.82) is 0 Å². The number of nitrogens with one attached hydrogen (secondary N) is 1. The zero-order valence-corrected chi connectivity index (χ0v) is 11.4. The van der Waals surface area contributed by atoms with E-state index in [2.05, 4.69) is 29.4 Å². The molecule has 0 saturated heterocycles. The number of hydrogen-bond donors (Lipinski definition) is 1. The minimum atomic E-state index is 0.385. The van der Waals surface area contributed by atoms with Gasteiger partial charge in [0.25, 0.3) is 0 Å². The van der Waals surface area contributed by atoms with E-state index in [1.54, 1.807) is 0 Å². The van der Waals surface area contributed by atoms with Gasteiger partial charge in [0.05, 0.1) is 5.69 Å². The monoisotopic (exact) mass is 244 g/mol. The molecule has 0 aliphatic heterocycles. The molecule has 18 heavy (non-hydrogen) atoms. The van der Waals surface area contributed by atoms with Crippen molar-refractivity contribution in [2.45, 2.75) is 64.0 Å². The summed E-state index contributed by atoms with van der Waals surface area (Å²) < 4.78 is 0. The van der Waals surface area contributed by atoms with E-state index in [0.29, 0.717) is 11.5 Å². The molecule has 1 aromatic rings. The van der Waals surface area contributed by atoms with Crippen LogP contribution in [-0.4, -0.2) is 11.0 Å². The second-order valence-corrected chi connectivity index (χ2v) is 6.16. The van der Waals surface area contributed by atoms with Crippen LogP contribution in [0.5, 0.6) is 0 Å². The number of hydrogen-bond acceptors (Lipinski definition) is 2. The van der Waals surface area contributed by atoms with Gasteiger partial charge in [0.1, 0.15) is 0 Å². The molecule has 0 aromatic carbocycles. The Balaban J connectivity index is 1.63. The summed E-state index contributed by atoms with van der Waals surface area (Å²) in [5, 5.41) is 3.83. The Morgan fingerprint density at radius 3 is 2.67 bits per heavy atom. The van der Waals surface area contributed by atoms with Gasteiger partial charge in [0.15, 0.2) is 0 Å². The van der Waals surface area contributed by atoms with Crippen molar-refractivity contribution in [3.8, 4) is 0 Å². The van der Waals surface area contributed by atoms with E-state index in [-0.39, 0.29) is 0 Å². The summed E-state index contributed by atoms with van der Waals surface area (Å²) in [6.07, 6.45) is 11.9. The highest BCUT2D eigenvalue weighted by Crippen LogP contribution is 2.52. The fraction of sp³-hybridized carbons (Fsp3) is 0.688. The van der Waals surface area contributed by atoms with E-state index in [1.165, 1.54) is 50.6 Å². The molecular formula is C16H24N2. The molecule has 2 heteroatoms. The van der Waals surface area contributed by atoms with Crippen LogP contribution in [-0.2, 0) is 0 Å². The predicted octanol–water partition coefficient (Wildman–Crippen LogP) is 3.85. The summed E-state index contributed by atoms with van der Waals surface area (Å²) in [6, 6.07) is 7.31. The lowest BCUT2D eigenvalue weighted by Crippen LogP contribution is -2.54. The average molecular weight is 244 g/mol. The molecule has 0 bridgehead atoms. The third kappa shape index (κ3) is 2.18. The molecule has 2 atom stereocenters. The average Bonchev–Trinajstić information content (AvgIpc) is 2.45. The molecule has 0 amide bonds. The lowest BCUT2D eigenvalue weighted by Gasteiger charge is -2.53. The first-order valence-electron chi connectivity index (χ1n) is 7.47. The smallest absolute Gasteiger partial charge is 0.0570 e. The normalized spacial score (nSPS) is 27.7. The third-order valence-electron chi connectivity index (χ3n) is 5.10. The summed E-state index contributed by atoms with van der Waals surface area (Å²) in [4.78, 5) is 4.46. The lowest BCUT2D eigenvalue weighted by molar-refractivity contribution is 0.0172. The first kappa shape index (κ1) is 12.2. The van der Waals surface area contributed by atoms with Gasteiger partial charge >= 0.3 is 0 Å². The summed E-state index contributed by atoms with van der Waals surface area (Å²) in [5.41, 5.74) is 1.82. The zero-order chi connectivity index (χ0) is 12.4. The fourth-order valence-electron chi connectivity index (χ4n) is 3.83. The highest BCUT2D eigenvalue weighted by molar-refractivity contribution is 5.10. The van der Waals surface area contributed by atoms with Crippen molar-refractivity contribution in [3.05, 3.63) is 30.1 Å². The van der Waals surface area contributed by atoms with E-state index in [4.69, 9.17) is 0 Å². The summed E-state index contributed by atoms with van der Waals surface area (Å²) in [6.45, 7) is 2.25. The number of aromatic nitrogens is 1. The van der Waals surface area contributed by atoms with Crippen LogP contribution in [0.25, 0.3) is 0 Å². The molecule has 98 valence electrons. The maximum absolute atomic E-state index is 4.46. The first-order valence-corrected chi connectivity index (χ1v) is 7.47. The number of pyridine rings is 1. The molecule has 1 heterocycles.